The van der Waals surface area contributed by atoms with E-state index in [0.717, 1.165) is 36.5 Å². The Labute approximate surface area is 193 Å². The molecule has 1 unspecified atom stereocenters. The number of carbonyl (C=O) groups is 2. The molecule has 176 valence electrons. The number of carboxylic acids is 1. The van der Waals surface area contributed by atoms with Crippen LogP contribution < -0.4 is 0 Å². The van der Waals surface area contributed by atoms with Gasteiger partial charge in [0.25, 0.3) is 0 Å². The van der Waals surface area contributed by atoms with Gasteiger partial charge in [-0.2, -0.15) is 4.31 Å². The van der Waals surface area contributed by atoms with Crippen LogP contribution in [0.1, 0.15) is 40.4 Å². The number of aromatic carboxylic acids is 1. The number of hydrogen-bond donors (Lipinski definition) is 1. The van der Waals surface area contributed by atoms with Crippen LogP contribution in [0, 0.1) is 5.92 Å². The number of sulfonamides is 1. The van der Waals surface area contributed by atoms with Crippen molar-refractivity contribution in [2.45, 2.75) is 31.5 Å². The highest BCUT2D eigenvalue weighted by molar-refractivity contribution is 7.88. The van der Waals surface area contributed by atoms with Crippen molar-refractivity contribution < 1.29 is 27.9 Å². The van der Waals surface area contributed by atoms with E-state index in [9.17, 15) is 23.1 Å². The van der Waals surface area contributed by atoms with Crippen LogP contribution in [0.3, 0.4) is 0 Å². The SMILES string of the molecule is CS(=O)(=O)N(Cc1cccc(C(=O)O)c1)C(C(=O)O[C@H]1CN2CCC1CC2)c1ccccc1. The number of ether oxygens (including phenoxy) is 1. The number of fused-ring (bicyclic) bond motifs is 3. The molecule has 2 aromatic rings. The largest absolute Gasteiger partial charge is 0.478 e. The Bertz CT molecular complexity index is 1110. The van der Waals surface area contributed by atoms with Gasteiger partial charge in [-0.25, -0.2) is 18.0 Å². The van der Waals surface area contributed by atoms with Gasteiger partial charge in [-0.3, -0.25) is 4.90 Å². The zero-order valence-corrected chi connectivity index (χ0v) is 19.3. The van der Waals surface area contributed by atoms with Crippen LogP contribution in [0.25, 0.3) is 0 Å². The smallest absolute Gasteiger partial charge is 0.335 e. The monoisotopic (exact) mass is 472 g/mol. The highest BCUT2D eigenvalue weighted by Crippen LogP contribution is 2.33. The summed E-state index contributed by atoms with van der Waals surface area (Å²) >= 11 is 0. The van der Waals surface area contributed by atoms with E-state index in [1.54, 1.807) is 42.5 Å². The number of benzene rings is 2. The van der Waals surface area contributed by atoms with E-state index >= 15 is 0 Å². The highest BCUT2D eigenvalue weighted by atomic mass is 32.2. The molecule has 3 heterocycles. The van der Waals surface area contributed by atoms with Crippen molar-refractivity contribution in [1.29, 1.82) is 0 Å². The number of carbonyl (C=O) groups excluding carboxylic acids is 1. The van der Waals surface area contributed by atoms with Crippen LogP contribution in [0.15, 0.2) is 54.6 Å². The van der Waals surface area contributed by atoms with E-state index in [4.69, 9.17) is 4.74 Å². The zero-order valence-electron chi connectivity index (χ0n) is 18.5. The Kier molecular flexibility index (Phi) is 6.83. The second-order valence-electron chi connectivity index (χ2n) is 8.74. The van der Waals surface area contributed by atoms with Crippen LogP contribution in [-0.2, 0) is 26.1 Å². The molecule has 33 heavy (non-hydrogen) atoms. The van der Waals surface area contributed by atoms with Crippen LogP contribution in [-0.4, -0.2) is 66.7 Å². The van der Waals surface area contributed by atoms with Gasteiger partial charge in [0.15, 0.2) is 0 Å². The molecule has 9 heteroatoms. The predicted molar refractivity (Wildman–Crippen MR) is 122 cm³/mol. The molecule has 3 saturated heterocycles. The third-order valence-corrected chi connectivity index (χ3v) is 7.62. The fourth-order valence-electron chi connectivity index (χ4n) is 4.70. The molecule has 0 aliphatic carbocycles. The maximum Gasteiger partial charge on any atom is 0.335 e. The fraction of sp³-hybridized carbons (Fsp3) is 0.417. The van der Waals surface area contributed by atoms with Crippen LogP contribution in [0.4, 0.5) is 0 Å². The van der Waals surface area contributed by atoms with E-state index < -0.39 is 28.0 Å². The van der Waals surface area contributed by atoms with E-state index in [1.807, 2.05) is 0 Å². The van der Waals surface area contributed by atoms with Crippen molar-refractivity contribution in [2.24, 2.45) is 5.92 Å². The van der Waals surface area contributed by atoms with E-state index in [-0.39, 0.29) is 24.1 Å². The maximum atomic E-state index is 13.5. The van der Waals surface area contributed by atoms with Gasteiger partial charge in [-0.15, -0.1) is 0 Å². The summed E-state index contributed by atoms with van der Waals surface area (Å²) in [7, 11) is -3.87. The van der Waals surface area contributed by atoms with Gasteiger partial charge in [-0.1, -0.05) is 42.5 Å². The molecule has 3 fully saturated rings. The molecular weight excluding hydrogens is 444 g/mol. The molecule has 8 nitrogen and oxygen atoms in total. The van der Waals surface area contributed by atoms with Gasteiger partial charge in [0.2, 0.25) is 10.0 Å². The van der Waals surface area contributed by atoms with Gasteiger partial charge in [0.1, 0.15) is 12.1 Å². The molecule has 1 N–H and O–H groups in total. The minimum atomic E-state index is -3.87. The van der Waals surface area contributed by atoms with Crippen molar-refractivity contribution in [2.75, 3.05) is 25.9 Å². The van der Waals surface area contributed by atoms with E-state index in [1.165, 1.54) is 12.1 Å². The van der Waals surface area contributed by atoms with Crippen molar-refractivity contribution in [3.05, 3.63) is 71.3 Å². The summed E-state index contributed by atoms with van der Waals surface area (Å²) in [6.45, 7) is 2.50. The van der Waals surface area contributed by atoms with Crippen molar-refractivity contribution >= 4 is 22.0 Å². The molecule has 0 aromatic heterocycles. The molecule has 2 aromatic carbocycles. The lowest BCUT2D eigenvalue weighted by atomic mass is 9.86. The standard InChI is InChI=1S/C24H28N2O6S/c1-33(30,31)26(15-17-6-5-9-20(14-17)23(27)28)22(19-7-3-2-4-8-19)24(29)32-21-16-25-12-10-18(21)11-13-25/h2-9,14,18,21-22H,10-13,15-16H2,1H3,(H,27,28)/t21-,22?/m0/s1. The quantitative estimate of drug-likeness (QED) is 0.589. The average molecular weight is 473 g/mol. The third-order valence-electron chi connectivity index (χ3n) is 6.43. The van der Waals surface area contributed by atoms with E-state index in [0.29, 0.717) is 17.7 Å². The first kappa shape index (κ1) is 23.4. The number of nitrogens with zero attached hydrogens (tertiary/aromatic N) is 2. The first-order valence-corrected chi connectivity index (χ1v) is 12.8. The Morgan fingerprint density at radius 3 is 2.39 bits per heavy atom. The Morgan fingerprint density at radius 2 is 1.82 bits per heavy atom. The summed E-state index contributed by atoms with van der Waals surface area (Å²) in [5.74, 6) is -1.43. The lowest BCUT2D eigenvalue weighted by Crippen LogP contribution is -2.52. The number of esters is 1. The van der Waals surface area contributed by atoms with Crippen molar-refractivity contribution in [3.63, 3.8) is 0 Å². The molecule has 2 atom stereocenters. The first-order valence-electron chi connectivity index (χ1n) is 11.0. The van der Waals surface area contributed by atoms with Gasteiger partial charge in [0.05, 0.1) is 11.8 Å². The molecule has 5 rings (SSSR count). The topological polar surface area (TPSA) is 104 Å². The highest BCUT2D eigenvalue weighted by Gasteiger charge is 2.41. The number of hydrogen-bond acceptors (Lipinski definition) is 6. The predicted octanol–water partition coefficient (Wildman–Crippen LogP) is 2.53. The van der Waals surface area contributed by atoms with Crippen LogP contribution in [0.2, 0.25) is 0 Å². The van der Waals surface area contributed by atoms with Crippen molar-refractivity contribution in [3.8, 4) is 0 Å². The summed E-state index contributed by atoms with van der Waals surface area (Å²) in [5, 5.41) is 9.30. The summed E-state index contributed by atoms with van der Waals surface area (Å²) in [4.78, 5) is 27.1. The zero-order chi connectivity index (χ0) is 23.6. The summed E-state index contributed by atoms with van der Waals surface area (Å²) < 4.78 is 32.8. The molecule has 0 radical (unpaired) electrons. The molecule has 3 aliphatic rings. The van der Waals surface area contributed by atoms with Gasteiger partial charge in [-0.05, 0) is 55.1 Å². The molecular formula is C24H28N2O6S. The normalized spacial score (nSPS) is 23.3. The van der Waals surface area contributed by atoms with Crippen molar-refractivity contribution in [1.82, 2.24) is 9.21 Å². The second kappa shape index (κ2) is 9.62. The van der Waals surface area contributed by atoms with Gasteiger partial charge < -0.3 is 9.84 Å². The molecule has 0 saturated carbocycles. The Hall–Kier alpha value is -2.75. The summed E-state index contributed by atoms with van der Waals surface area (Å²) in [6.07, 6.45) is 2.71. The Balaban J connectivity index is 1.66. The lowest BCUT2D eigenvalue weighted by molar-refractivity contribution is -0.163. The van der Waals surface area contributed by atoms with E-state index in [2.05, 4.69) is 4.90 Å². The van der Waals surface area contributed by atoms with Crippen LogP contribution >= 0.6 is 0 Å². The number of piperidine rings is 3. The maximum absolute atomic E-state index is 13.5. The molecule has 0 spiro atoms. The average Bonchev–Trinajstić information content (AvgIpc) is 2.80. The summed E-state index contributed by atoms with van der Waals surface area (Å²) in [5.41, 5.74) is 1.02. The third kappa shape index (κ3) is 5.43. The number of rotatable bonds is 8. The minimum Gasteiger partial charge on any atom is -0.478 e. The fourth-order valence-corrected chi connectivity index (χ4v) is 5.67. The summed E-state index contributed by atoms with van der Waals surface area (Å²) in [6, 6.07) is 13.6. The van der Waals surface area contributed by atoms with Gasteiger partial charge in [0, 0.05) is 13.1 Å². The minimum absolute atomic E-state index is 0.0482. The first-order chi connectivity index (χ1) is 15.7. The Morgan fingerprint density at radius 1 is 1.12 bits per heavy atom. The van der Waals surface area contributed by atoms with Crippen LogP contribution in [0.5, 0.6) is 0 Å². The number of carboxylic acid groups (broad SMARTS) is 1. The molecule has 0 amide bonds. The second-order valence-corrected chi connectivity index (χ2v) is 10.7. The molecule has 3 aliphatic heterocycles. The lowest BCUT2D eigenvalue weighted by Gasteiger charge is -2.44. The molecule has 2 bridgehead atoms. The van der Waals surface area contributed by atoms with Gasteiger partial charge >= 0.3 is 11.9 Å².